The van der Waals surface area contributed by atoms with Gasteiger partial charge in [0, 0.05) is 46.0 Å². The number of rotatable bonds is 1. The van der Waals surface area contributed by atoms with Crippen molar-refractivity contribution in [1.29, 1.82) is 0 Å². The Morgan fingerprint density at radius 3 is 1.55 bits per heavy atom. The molecule has 0 aliphatic rings. The molecule has 2 heterocycles. The van der Waals surface area contributed by atoms with Gasteiger partial charge in [0.25, 0.3) is 0 Å². The number of aromatic nitrogens is 2. The summed E-state index contributed by atoms with van der Waals surface area (Å²) in [5.74, 6) is 0.814. The van der Waals surface area contributed by atoms with E-state index in [9.17, 15) is 0 Å². The van der Waals surface area contributed by atoms with Gasteiger partial charge in [-0.15, -0.1) is 0 Å². The van der Waals surface area contributed by atoms with Crippen LogP contribution in [-0.2, 0) is 0 Å². The molecule has 0 saturated carbocycles. The predicted octanol–water partition coefficient (Wildman–Crippen LogP) is 4.70. The highest BCUT2D eigenvalue weighted by Gasteiger charge is 2.00. The van der Waals surface area contributed by atoms with Crippen molar-refractivity contribution >= 4 is 56.2 Å². The first kappa shape index (κ1) is 19.6. The van der Waals surface area contributed by atoms with Gasteiger partial charge in [0.2, 0.25) is 0 Å². The van der Waals surface area contributed by atoms with E-state index < -0.39 is 0 Å². The normalized spacial score (nSPS) is 9.10. The molecule has 105 valence electrons. The van der Waals surface area contributed by atoms with E-state index in [2.05, 4.69) is 57.8 Å². The standard InChI is InChI=1S/C7H8BrNO.C6H5Br2N.B/c1-5-6(8)3-9-4-7(5)10-2;1-4-5(7)2-9-3-6(4)8;/h3-4H,1-2H3;2-3H,1H3;. The van der Waals surface area contributed by atoms with Gasteiger partial charge >= 0.3 is 0 Å². The molecule has 0 aliphatic carbocycles. The van der Waals surface area contributed by atoms with Gasteiger partial charge < -0.3 is 4.74 Å². The van der Waals surface area contributed by atoms with Gasteiger partial charge in [-0.2, -0.15) is 0 Å². The molecule has 2 rings (SSSR count). The van der Waals surface area contributed by atoms with E-state index in [1.165, 1.54) is 5.56 Å². The van der Waals surface area contributed by atoms with Gasteiger partial charge in [-0.1, -0.05) is 0 Å². The molecule has 0 bridgehead atoms. The fourth-order valence-corrected chi connectivity index (χ4v) is 2.41. The lowest BCUT2D eigenvalue weighted by atomic mass is 10.3. The summed E-state index contributed by atoms with van der Waals surface area (Å²) >= 11 is 10.1. The maximum Gasteiger partial charge on any atom is 0.141 e. The molecule has 0 saturated heterocycles. The molecule has 20 heavy (non-hydrogen) atoms. The molecule has 0 aliphatic heterocycles. The quantitative estimate of drug-likeness (QED) is 0.575. The van der Waals surface area contributed by atoms with Crippen molar-refractivity contribution in [3.63, 3.8) is 0 Å². The molecule has 3 radical (unpaired) electrons. The predicted molar refractivity (Wildman–Crippen MR) is 93.4 cm³/mol. The first-order chi connectivity index (χ1) is 8.97. The van der Waals surface area contributed by atoms with Crippen molar-refractivity contribution in [2.75, 3.05) is 7.11 Å². The van der Waals surface area contributed by atoms with Crippen LogP contribution < -0.4 is 4.74 Å². The van der Waals surface area contributed by atoms with Crippen LogP contribution >= 0.6 is 47.8 Å². The zero-order valence-corrected chi connectivity index (χ0v) is 16.1. The van der Waals surface area contributed by atoms with Crippen molar-refractivity contribution in [2.24, 2.45) is 0 Å². The van der Waals surface area contributed by atoms with Gasteiger partial charge in [-0.05, 0) is 67.2 Å². The van der Waals surface area contributed by atoms with Crippen LogP contribution in [0.25, 0.3) is 0 Å². The highest BCUT2D eigenvalue weighted by molar-refractivity contribution is 9.11. The minimum absolute atomic E-state index is 0. The molecular formula is C13H13BBr3N2O. The average molecular weight is 464 g/mol. The molecular weight excluding hydrogens is 451 g/mol. The Morgan fingerprint density at radius 1 is 0.800 bits per heavy atom. The summed E-state index contributed by atoms with van der Waals surface area (Å²) in [5.41, 5.74) is 2.27. The lowest BCUT2D eigenvalue weighted by Crippen LogP contribution is -1.88. The van der Waals surface area contributed by atoms with E-state index in [1.54, 1.807) is 31.9 Å². The molecule has 0 amide bonds. The minimum Gasteiger partial charge on any atom is -0.495 e. The number of hydrogen-bond donors (Lipinski definition) is 0. The van der Waals surface area contributed by atoms with Crippen LogP contribution in [0, 0.1) is 13.8 Å². The van der Waals surface area contributed by atoms with Gasteiger partial charge in [0.1, 0.15) is 5.75 Å². The van der Waals surface area contributed by atoms with E-state index in [-0.39, 0.29) is 8.41 Å². The second kappa shape index (κ2) is 9.52. The first-order valence-corrected chi connectivity index (χ1v) is 7.75. The highest BCUT2D eigenvalue weighted by Crippen LogP contribution is 2.23. The number of methoxy groups -OCH3 is 1. The fraction of sp³-hybridized carbons (Fsp3) is 0.231. The molecule has 0 aromatic carbocycles. The highest BCUT2D eigenvalue weighted by atomic mass is 79.9. The van der Waals surface area contributed by atoms with Crippen LogP contribution in [0.5, 0.6) is 5.75 Å². The zero-order chi connectivity index (χ0) is 14.4. The molecule has 0 fully saturated rings. The van der Waals surface area contributed by atoms with E-state index in [0.29, 0.717) is 0 Å². The van der Waals surface area contributed by atoms with Crippen molar-refractivity contribution in [2.45, 2.75) is 13.8 Å². The molecule has 2 aromatic heterocycles. The zero-order valence-electron chi connectivity index (χ0n) is 11.3. The van der Waals surface area contributed by atoms with Gasteiger partial charge in [-0.25, -0.2) is 0 Å². The summed E-state index contributed by atoms with van der Waals surface area (Å²) in [6.45, 7) is 4.00. The smallest absolute Gasteiger partial charge is 0.141 e. The van der Waals surface area contributed by atoms with Crippen LogP contribution in [0.3, 0.4) is 0 Å². The average Bonchev–Trinajstić information content (AvgIpc) is 2.40. The molecule has 3 nitrogen and oxygen atoms in total. The fourth-order valence-electron chi connectivity index (χ4n) is 1.16. The molecule has 0 unspecified atom stereocenters. The van der Waals surface area contributed by atoms with E-state index >= 15 is 0 Å². The second-order valence-corrected chi connectivity index (χ2v) is 6.24. The largest absolute Gasteiger partial charge is 0.495 e. The Balaban J connectivity index is 0.000000345. The third kappa shape index (κ3) is 5.54. The van der Waals surface area contributed by atoms with Crippen molar-refractivity contribution in [1.82, 2.24) is 9.97 Å². The maximum absolute atomic E-state index is 5.03. The summed E-state index contributed by atoms with van der Waals surface area (Å²) in [4.78, 5) is 7.89. The third-order valence-corrected chi connectivity index (χ3v) is 4.82. The first-order valence-electron chi connectivity index (χ1n) is 5.37. The Morgan fingerprint density at radius 2 is 1.20 bits per heavy atom. The second-order valence-electron chi connectivity index (χ2n) is 3.68. The molecule has 0 N–H and O–H groups in total. The van der Waals surface area contributed by atoms with Crippen molar-refractivity contribution < 1.29 is 4.74 Å². The summed E-state index contributed by atoms with van der Waals surface area (Å²) in [6.07, 6.45) is 7.00. The van der Waals surface area contributed by atoms with Gasteiger partial charge in [0.15, 0.2) is 0 Å². The van der Waals surface area contributed by atoms with E-state index in [4.69, 9.17) is 4.74 Å². The Kier molecular flexibility index (Phi) is 9.34. The van der Waals surface area contributed by atoms with Crippen LogP contribution in [0.1, 0.15) is 11.1 Å². The van der Waals surface area contributed by atoms with Crippen molar-refractivity contribution in [3.8, 4) is 5.75 Å². The van der Waals surface area contributed by atoms with E-state index in [1.807, 2.05) is 13.8 Å². The third-order valence-electron chi connectivity index (χ3n) is 2.42. The molecule has 0 spiro atoms. The number of nitrogens with zero attached hydrogens (tertiary/aromatic N) is 2. The lowest BCUT2D eigenvalue weighted by Gasteiger charge is -2.03. The summed E-state index contributed by atoms with van der Waals surface area (Å²) < 4.78 is 8.09. The van der Waals surface area contributed by atoms with Crippen LogP contribution in [-0.4, -0.2) is 25.5 Å². The molecule has 0 atom stereocenters. The molecule has 2 aromatic rings. The number of halogens is 3. The Bertz CT molecular complexity index is 547. The minimum atomic E-state index is 0. The van der Waals surface area contributed by atoms with Crippen molar-refractivity contribution in [3.05, 3.63) is 49.3 Å². The topological polar surface area (TPSA) is 35.0 Å². The summed E-state index contributed by atoms with van der Waals surface area (Å²) in [5, 5.41) is 0. The summed E-state index contributed by atoms with van der Waals surface area (Å²) in [6, 6.07) is 0. The van der Waals surface area contributed by atoms with E-state index in [0.717, 1.165) is 24.7 Å². The lowest BCUT2D eigenvalue weighted by molar-refractivity contribution is 0.409. The number of pyridine rings is 2. The number of ether oxygens (including phenoxy) is 1. The van der Waals surface area contributed by atoms with Crippen LogP contribution in [0.4, 0.5) is 0 Å². The van der Waals surface area contributed by atoms with Gasteiger partial charge in [0.05, 0.1) is 13.3 Å². The molecule has 7 heteroatoms. The Labute approximate surface area is 146 Å². The van der Waals surface area contributed by atoms with Crippen LogP contribution in [0.15, 0.2) is 38.2 Å². The van der Waals surface area contributed by atoms with Gasteiger partial charge in [-0.3, -0.25) is 9.97 Å². The monoisotopic (exact) mass is 461 g/mol. The Hall–Kier alpha value is -0.395. The van der Waals surface area contributed by atoms with Crippen LogP contribution in [0.2, 0.25) is 0 Å². The maximum atomic E-state index is 5.03. The number of hydrogen-bond acceptors (Lipinski definition) is 3. The summed E-state index contributed by atoms with van der Waals surface area (Å²) in [7, 11) is 1.64. The SMILES string of the molecule is COc1cncc(Br)c1C.Cc1c(Br)cncc1Br.[B].